The fourth-order valence-corrected chi connectivity index (χ4v) is 5.39. The molecule has 2 heterocycles. The number of nitrogens with zero attached hydrogens (tertiary/aromatic N) is 1. The van der Waals surface area contributed by atoms with Crippen LogP contribution in [0.2, 0.25) is 0 Å². The molecule has 4 rings (SSSR count). The number of rotatable bonds is 1. The highest BCUT2D eigenvalue weighted by molar-refractivity contribution is 5.92. The molecule has 1 spiro atoms. The van der Waals surface area contributed by atoms with Gasteiger partial charge in [0.25, 0.3) is 0 Å². The lowest BCUT2D eigenvalue weighted by atomic mass is 9.62. The van der Waals surface area contributed by atoms with Crippen LogP contribution >= 0.6 is 0 Å². The monoisotopic (exact) mass is 289 g/mol. The maximum Gasteiger partial charge on any atom is 0.337 e. The van der Waals surface area contributed by atoms with Gasteiger partial charge in [0, 0.05) is 24.2 Å². The summed E-state index contributed by atoms with van der Waals surface area (Å²) in [4.78, 5) is 14.4. The number of carbonyl (C=O) groups excluding carboxylic acids is 1. The van der Waals surface area contributed by atoms with Gasteiger partial charge < -0.3 is 14.7 Å². The second kappa shape index (κ2) is 4.60. The summed E-state index contributed by atoms with van der Waals surface area (Å²) in [7, 11) is 1.44. The van der Waals surface area contributed by atoms with Crippen LogP contribution in [-0.2, 0) is 9.53 Å². The predicted molar refractivity (Wildman–Crippen MR) is 78.3 cm³/mol. The number of methoxy groups -OCH3 is 1. The molecule has 2 bridgehead atoms. The third-order valence-electron chi connectivity index (χ3n) is 6.16. The third kappa shape index (κ3) is 1.68. The largest absolute Gasteiger partial charge is 0.465 e. The van der Waals surface area contributed by atoms with Crippen LogP contribution < -0.4 is 0 Å². The van der Waals surface area contributed by atoms with Gasteiger partial charge in [-0.2, -0.15) is 0 Å². The van der Waals surface area contributed by atoms with Crippen LogP contribution in [0, 0.1) is 17.3 Å². The van der Waals surface area contributed by atoms with E-state index in [-0.39, 0.29) is 23.4 Å². The highest BCUT2D eigenvalue weighted by atomic mass is 16.5. The number of hydrogen-bond acceptors (Lipinski definition) is 4. The Morgan fingerprint density at radius 3 is 3.05 bits per heavy atom. The molecule has 1 N–H and O–H groups in total. The molecular weight excluding hydrogens is 266 g/mol. The van der Waals surface area contributed by atoms with Crippen LogP contribution in [-0.4, -0.2) is 42.3 Å². The highest BCUT2D eigenvalue weighted by Crippen LogP contribution is 2.62. The zero-order chi connectivity index (χ0) is 14.6. The van der Waals surface area contributed by atoms with E-state index in [0.717, 1.165) is 38.8 Å². The van der Waals surface area contributed by atoms with Crippen molar-refractivity contribution in [3.63, 3.8) is 0 Å². The van der Waals surface area contributed by atoms with Crippen molar-refractivity contribution in [3.8, 4) is 0 Å². The Balaban J connectivity index is 1.86. The van der Waals surface area contributed by atoms with Crippen LogP contribution in [0.3, 0.4) is 0 Å². The van der Waals surface area contributed by atoms with E-state index >= 15 is 0 Å². The molecule has 21 heavy (non-hydrogen) atoms. The van der Waals surface area contributed by atoms with Gasteiger partial charge in [-0.25, -0.2) is 4.79 Å². The standard InChI is InChI=1S/C17H23NO3/c1-21-16(20)11-8-12-10-14(19)13-4-2-6-18-7-3-5-17(12,13)15(18)9-11/h8-9,12-14,19H,2-7,10H2,1H3/t12-,13+,14-,17-/m0/s1. The normalized spacial score (nSPS) is 40.9. The van der Waals surface area contributed by atoms with Crippen molar-refractivity contribution < 1.29 is 14.6 Å². The average molecular weight is 289 g/mol. The number of allylic oxidation sites excluding steroid dienone is 2. The van der Waals surface area contributed by atoms with E-state index in [2.05, 4.69) is 17.1 Å². The number of piperidine rings is 1. The van der Waals surface area contributed by atoms with Crippen molar-refractivity contribution in [1.82, 2.24) is 4.90 Å². The molecule has 0 aromatic heterocycles. The quantitative estimate of drug-likeness (QED) is 0.749. The summed E-state index contributed by atoms with van der Waals surface area (Å²) in [5.74, 6) is 0.390. The van der Waals surface area contributed by atoms with Crippen LogP contribution in [0.15, 0.2) is 23.4 Å². The van der Waals surface area contributed by atoms with Crippen molar-refractivity contribution in [1.29, 1.82) is 0 Å². The van der Waals surface area contributed by atoms with Crippen molar-refractivity contribution in [2.24, 2.45) is 17.3 Å². The molecule has 114 valence electrons. The van der Waals surface area contributed by atoms with E-state index in [1.165, 1.54) is 19.2 Å². The summed E-state index contributed by atoms with van der Waals surface area (Å²) in [6.45, 7) is 2.13. The van der Waals surface area contributed by atoms with E-state index in [0.29, 0.717) is 11.5 Å². The topological polar surface area (TPSA) is 49.8 Å². The molecule has 3 fully saturated rings. The molecule has 4 aliphatic rings. The summed E-state index contributed by atoms with van der Waals surface area (Å²) in [5.41, 5.74) is 2.06. The number of carbonyl (C=O) groups is 1. The zero-order valence-electron chi connectivity index (χ0n) is 12.5. The van der Waals surface area contributed by atoms with E-state index in [1.54, 1.807) is 0 Å². The summed E-state index contributed by atoms with van der Waals surface area (Å²) in [6.07, 6.45) is 9.27. The maximum atomic E-state index is 12.0. The smallest absolute Gasteiger partial charge is 0.337 e. The molecule has 4 atom stereocenters. The third-order valence-corrected chi connectivity index (χ3v) is 6.16. The van der Waals surface area contributed by atoms with Gasteiger partial charge in [-0.3, -0.25) is 0 Å². The SMILES string of the molecule is COC(=O)C1=C[C@H]2C[C@H](O)[C@H]3CCCN4CCC[C@@]32C4=C1. The Morgan fingerprint density at radius 2 is 2.24 bits per heavy atom. The van der Waals surface area contributed by atoms with Gasteiger partial charge >= 0.3 is 5.97 Å². The summed E-state index contributed by atoms with van der Waals surface area (Å²) >= 11 is 0. The van der Waals surface area contributed by atoms with E-state index < -0.39 is 0 Å². The van der Waals surface area contributed by atoms with Gasteiger partial charge in [-0.15, -0.1) is 0 Å². The second-order valence-electron chi connectivity index (χ2n) is 6.93. The molecule has 2 aliphatic carbocycles. The lowest BCUT2D eigenvalue weighted by Gasteiger charge is -2.50. The Kier molecular flexibility index (Phi) is 2.93. The van der Waals surface area contributed by atoms with E-state index in [1.807, 2.05) is 0 Å². The number of esters is 1. The number of aliphatic hydroxyl groups is 1. The molecule has 4 nitrogen and oxygen atoms in total. The fraction of sp³-hybridized carbons (Fsp3) is 0.706. The van der Waals surface area contributed by atoms with Gasteiger partial charge in [0.05, 0.1) is 18.8 Å². The summed E-state index contributed by atoms with van der Waals surface area (Å²) in [5, 5.41) is 10.6. The second-order valence-corrected chi connectivity index (χ2v) is 6.93. The summed E-state index contributed by atoms with van der Waals surface area (Å²) in [6, 6.07) is 0. The van der Waals surface area contributed by atoms with E-state index in [9.17, 15) is 9.90 Å². The zero-order valence-corrected chi connectivity index (χ0v) is 12.5. The Hall–Kier alpha value is -1.29. The van der Waals surface area contributed by atoms with Crippen LogP contribution in [0.4, 0.5) is 0 Å². The van der Waals surface area contributed by atoms with Crippen molar-refractivity contribution >= 4 is 5.97 Å². The minimum absolute atomic E-state index is 0.0751. The molecule has 0 unspecified atom stereocenters. The van der Waals surface area contributed by atoms with Gasteiger partial charge in [-0.05, 0) is 50.0 Å². The first-order valence-electron chi connectivity index (χ1n) is 8.12. The molecule has 0 radical (unpaired) electrons. The van der Waals surface area contributed by atoms with Gasteiger partial charge in [0.15, 0.2) is 0 Å². The first-order chi connectivity index (χ1) is 10.2. The number of aliphatic hydroxyl groups excluding tert-OH is 1. The lowest BCUT2D eigenvalue weighted by Crippen LogP contribution is -2.46. The maximum absolute atomic E-state index is 12.0. The summed E-state index contributed by atoms with van der Waals surface area (Å²) < 4.78 is 4.92. The fourth-order valence-electron chi connectivity index (χ4n) is 5.39. The molecule has 0 aromatic carbocycles. The Morgan fingerprint density at radius 1 is 1.43 bits per heavy atom. The average Bonchev–Trinajstić information content (AvgIpc) is 2.71. The van der Waals surface area contributed by atoms with Gasteiger partial charge in [0.1, 0.15) is 0 Å². The van der Waals surface area contributed by atoms with Crippen molar-refractivity contribution in [2.75, 3.05) is 20.2 Å². The van der Waals surface area contributed by atoms with Crippen LogP contribution in [0.5, 0.6) is 0 Å². The molecule has 2 aliphatic heterocycles. The minimum Gasteiger partial charge on any atom is -0.465 e. The Bertz CT molecular complexity index is 538. The molecule has 0 aromatic rings. The number of ether oxygens (including phenoxy) is 1. The molecule has 4 heteroatoms. The van der Waals surface area contributed by atoms with Crippen molar-refractivity contribution in [2.45, 2.75) is 38.2 Å². The Labute approximate surface area is 125 Å². The van der Waals surface area contributed by atoms with Crippen molar-refractivity contribution in [3.05, 3.63) is 23.4 Å². The number of hydrogen-bond donors (Lipinski definition) is 1. The molecular formula is C17H23NO3. The van der Waals surface area contributed by atoms with Gasteiger partial charge in [-0.1, -0.05) is 6.08 Å². The molecule has 2 saturated heterocycles. The predicted octanol–water partition coefficient (Wildman–Crippen LogP) is 1.86. The molecule has 1 saturated carbocycles. The first kappa shape index (κ1) is 13.4. The lowest BCUT2D eigenvalue weighted by molar-refractivity contribution is -0.135. The van der Waals surface area contributed by atoms with Gasteiger partial charge in [0.2, 0.25) is 0 Å². The highest BCUT2D eigenvalue weighted by Gasteiger charge is 2.59. The van der Waals surface area contributed by atoms with Crippen LogP contribution in [0.1, 0.15) is 32.1 Å². The molecule has 0 amide bonds. The minimum atomic E-state index is -0.251. The first-order valence-corrected chi connectivity index (χ1v) is 8.12. The van der Waals surface area contributed by atoms with E-state index in [4.69, 9.17) is 4.74 Å². The van der Waals surface area contributed by atoms with Crippen LogP contribution in [0.25, 0.3) is 0 Å².